The van der Waals surface area contributed by atoms with E-state index in [4.69, 9.17) is 0 Å². The van der Waals surface area contributed by atoms with Crippen molar-refractivity contribution in [3.05, 3.63) is 20.8 Å². The monoisotopic (exact) mass is 316 g/mol. The topological polar surface area (TPSA) is 49.4 Å². The van der Waals surface area contributed by atoms with Gasteiger partial charge in [-0.2, -0.15) is 0 Å². The van der Waals surface area contributed by atoms with E-state index in [-0.39, 0.29) is 11.8 Å². The number of rotatable bonds is 2. The van der Waals surface area contributed by atoms with E-state index in [0.717, 1.165) is 9.35 Å². The number of thiophene rings is 1. The van der Waals surface area contributed by atoms with Gasteiger partial charge in [0.2, 0.25) is 11.8 Å². The number of nitrogens with one attached hydrogen (secondary N) is 1. The van der Waals surface area contributed by atoms with Gasteiger partial charge in [-0.15, -0.1) is 11.3 Å². The van der Waals surface area contributed by atoms with Crippen LogP contribution in [0.25, 0.3) is 0 Å². The van der Waals surface area contributed by atoms with E-state index in [2.05, 4.69) is 21.2 Å². The summed E-state index contributed by atoms with van der Waals surface area (Å²) < 4.78 is 1.01. The highest BCUT2D eigenvalue weighted by Gasteiger charge is 2.35. The summed E-state index contributed by atoms with van der Waals surface area (Å²) >= 11 is 4.96. The molecule has 1 saturated heterocycles. The van der Waals surface area contributed by atoms with Crippen LogP contribution in [0.3, 0.4) is 0 Å². The van der Waals surface area contributed by atoms with Crippen LogP contribution >= 0.6 is 27.3 Å². The molecule has 0 saturated carbocycles. The van der Waals surface area contributed by atoms with Crippen LogP contribution < -0.4 is 5.32 Å². The molecule has 1 fully saturated rings. The molecule has 1 aliphatic heterocycles. The summed E-state index contributed by atoms with van der Waals surface area (Å²) in [6, 6.07) is 1.14. The predicted octanol–water partition coefficient (Wildman–Crippen LogP) is 1.75. The molecular formula is C11H13BrN2O2S. The SMILES string of the molecule is CC1NC(=O)C(C)N(Cc2cc(Br)cs2)C1=O. The van der Waals surface area contributed by atoms with Crippen molar-refractivity contribution in [2.75, 3.05) is 0 Å². The first kappa shape index (κ1) is 12.6. The number of carbonyl (C=O) groups is 2. The first-order valence-electron chi connectivity index (χ1n) is 5.33. The average Bonchev–Trinajstić information content (AvgIpc) is 2.68. The number of halogens is 1. The Hall–Kier alpha value is -0.880. The van der Waals surface area contributed by atoms with Gasteiger partial charge in [-0.05, 0) is 35.8 Å². The summed E-state index contributed by atoms with van der Waals surface area (Å²) in [6.45, 7) is 3.96. The average molecular weight is 317 g/mol. The number of hydrogen-bond donors (Lipinski definition) is 1. The van der Waals surface area contributed by atoms with Crippen LogP contribution in [-0.2, 0) is 16.1 Å². The molecule has 2 heterocycles. The van der Waals surface area contributed by atoms with Gasteiger partial charge >= 0.3 is 0 Å². The van der Waals surface area contributed by atoms with E-state index in [9.17, 15) is 9.59 Å². The van der Waals surface area contributed by atoms with E-state index in [1.807, 2.05) is 11.4 Å². The fourth-order valence-electron chi connectivity index (χ4n) is 1.80. The van der Waals surface area contributed by atoms with Gasteiger partial charge in [-0.1, -0.05) is 0 Å². The highest BCUT2D eigenvalue weighted by Crippen LogP contribution is 2.23. The largest absolute Gasteiger partial charge is 0.343 e. The highest BCUT2D eigenvalue weighted by molar-refractivity contribution is 9.10. The van der Waals surface area contributed by atoms with Crippen LogP contribution in [0.15, 0.2) is 15.9 Å². The van der Waals surface area contributed by atoms with Crippen molar-refractivity contribution < 1.29 is 9.59 Å². The number of hydrogen-bond acceptors (Lipinski definition) is 3. The third kappa shape index (κ3) is 2.52. The van der Waals surface area contributed by atoms with Gasteiger partial charge in [0.1, 0.15) is 12.1 Å². The van der Waals surface area contributed by atoms with Crippen molar-refractivity contribution in [2.45, 2.75) is 32.5 Å². The lowest BCUT2D eigenvalue weighted by atomic mass is 10.1. The smallest absolute Gasteiger partial charge is 0.245 e. The molecule has 6 heteroatoms. The number of amides is 2. The van der Waals surface area contributed by atoms with Crippen molar-refractivity contribution in [3.63, 3.8) is 0 Å². The lowest BCUT2D eigenvalue weighted by Crippen LogP contribution is -2.60. The minimum Gasteiger partial charge on any atom is -0.343 e. The maximum Gasteiger partial charge on any atom is 0.245 e. The third-order valence-corrected chi connectivity index (χ3v) is 4.49. The standard InChI is InChI=1S/C11H13BrN2O2S/c1-6-11(16)14(7(2)10(15)13-6)4-9-3-8(12)5-17-9/h3,5-7H,4H2,1-2H3,(H,13,15). The Morgan fingerprint density at radius 3 is 2.76 bits per heavy atom. The maximum absolute atomic E-state index is 12.0. The summed E-state index contributed by atoms with van der Waals surface area (Å²) in [4.78, 5) is 26.3. The predicted molar refractivity (Wildman–Crippen MR) is 69.6 cm³/mol. The molecule has 0 spiro atoms. The molecule has 1 aliphatic rings. The molecular weight excluding hydrogens is 304 g/mol. The van der Waals surface area contributed by atoms with Gasteiger partial charge < -0.3 is 10.2 Å². The zero-order valence-electron chi connectivity index (χ0n) is 9.57. The molecule has 2 unspecified atom stereocenters. The quantitative estimate of drug-likeness (QED) is 0.903. The van der Waals surface area contributed by atoms with Gasteiger partial charge in [0, 0.05) is 14.7 Å². The van der Waals surface area contributed by atoms with Crippen molar-refractivity contribution in [3.8, 4) is 0 Å². The van der Waals surface area contributed by atoms with Gasteiger partial charge in [0.15, 0.2) is 0 Å². The molecule has 92 valence electrons. The molecule has 0 radical (unpaired) electrons. The molecule has 1 aromatic rings. The Bertz CT molecular complexity index is 460. The maximum atomic E-state index is 12.0. The van der Waals surface area contributed by atoms with E-state index >= 15 is 0 Å². The molecule has 0 aromatic carbocycles. The number of nitrogens with zero attached hydrogens (tertiary/aromatic N) is 1. The van der Waals surface area contributed by atoms with Crippen LogP contribution in [0.1, 0.15) is 18.7 Å². The van der Waals surface area contributed by atoms with E-state index < -0.39 is 12.1 Å². The molecule has 17 heavy (non-hydrogen) atoms. The summed E-state index contributed by atoms with van der Waals surface area (Å²) in [7, 11) is 0. The number of piperazine rings is 1. The Morgan fingerprint density at radius 2 is 2.18 bits per heavy atom. The molecule has 2 amide bonds. The van der Waals surface area contributed by atoms with Gasteiger partial charge in [-0.3, -0.25) is 9.59 Å². The van der Waals surface area contributed by atoms with Crippen LogP contribution in [0.2, 0.25) is 0 Å². The zero-order chi connectivity index (χ0) is 12.6. The Morgan fingerprint density at radius 1 is 1.47 bits per heavy atom. The normalized spacial score (nSPS) is 25.0. The lowest BCUT2D eigenvalue weighted by Gasteiger charge is -2.35. The second kappa shape index (κ2) is 4.78. The Balaban J connectivity index is 2.17. The molecule has 4 nitrogen and oxygen atoms in total. The van der Waals surface area contributed by atoms with Gasteiger partial charge in [-0.25, -0.2) is 0 Å². The van der Waals surface area contributed by atoms with Crippen LogP contribution in [0.5, 0.6) is 0 Å². The van der Waals surface area contributed by atoms with Crippen LogP contribution in [0.4, 0.5) is 0 Å². The second-order valence-electron chi connectivity index (χ2n) is 4.10. The van der Waals surface area contributed by atoms with E-state index in [1.165, 1.54) is 0 Å². The van der Waals surface area contributed by atoms with Crippen molar-refractivity contribution in [1.82, 2.24) is 10.2 Å². The molecule has 2 atom stereocenters. The van der Waals surface area contributed by atoms with Crippen LogP contribution in [0, 0.1) is 0 Å². The van der Waals surface area contributed by atoms with Gasteiger partial charge in [0.05, 0.1) is 6.54 Å². The first-order chi connectivity index (χ1) is 7.99. The van der Waals surface area contributed by atoms with Crippen molar-refractivity contribution >= 4 is 39.1 Å². The molecule has 1 aromatic heterocycles. The highest BCUT2D eigenvalue weighted by atomic mass is 79.9. The molecule has 1 N–H and O–H groups in total. The summed E-state index contributed by atoms with van der Waals surface area (Å²) in [5.41, 5.74) is 0. The Kier molecular flexibility index (Phi) is 3.53. The third-order valence-electron chi connectivity index (χ3n) is 2.81. The molecule has 0 bridgehead atoms. The van der Waals surface area contributed by atoms with E-state index in [1.54, 1.807) is 30.1 Å². The lowest BCUT2D eigenvalue weighted by molar-refractivity contribution is -0.148. The summed E-state index contributed by atoms with van der Waals surface area (Å²) in [6.07, 6.45) is 0. The molecule has 2 rings (SSSR count). The van der Waals surface area contributed by atoms with E-state index in [0.29, 0.717) is 6.54 Å². The van der Waals surface area contributed by atoms with Crippen molar-refractivity contribution in [2.24, 2.45) is 0 Å². The molecule has 0 aliphatic carbocycles. The number of carbonyl (C=O) groups excluding carboxylic acids is 2. The minimum atomic E-state index is -0.429. The Labute approximate surface area is 112 Å². The first-order valence-corrected chi connectivity index (χ1v) is 7.00. The van der Waals surface area contributed by atoms with Gasteiger partial charge in [0.25, 0.3) is 0 Å². The van der Waals surface area contributed by atoms with Crippen LogP contribution in [-0.4, -0.2) is 28.8 Å². The fourth-order valence-corrected chi connectivity index (χ4v) is 3.25. The summed E-state index contributed by atoms with van der Waals surface area (Å²) in [5, 5.41) is 4.63. The summed E-state index contributed by atoms with van der Waals surface area (Å²) in [5.74, 6) is -0.116. The second-order valence-corrected chi connectivity index (χ2v) is 6.02. The fraction of sp³-hybridized carbons (Fsp3) is 0.455. The minimum absolute atomic E-state index is 0.0263. The zero-order valence-corrected chi connectivity index (χ0v) is 12.0. The van der Waals surface area contributed by atoms with Crippen molar-refractivity contribution in [1.29, 1.82) is 0 Å².